The zero-order valence-electron chi connectivity index (χ0n) is 13.9. The van der Waals surface area contributed by atoms with Crippen LogP contribution in [0.25, 0.3) is 0 Å². The van der Waals surface area contributed by atoms with Crippen molar-refractivity contribution >= 4 is 18.3 Å². The highest BCUT2D eigenvalue weighted by Gasteiger charge is 2.29. The van der Waals surface area contributed by atoms with Crippen LogP contribution in [0.2, 0.25) is 0 Å². The van der Waals surface area contributed by atoms with Crippen molar-refractivity contribution in [2.75, 3.05) is 26.7 Å². The second-order valence-corrected chi connectivity index (χ2v) is 5.69. The summed E-state index contributed by atoms with van der Waals surface area (Å²) in [5.41, 5.74) is 2.73. The molecule has 1 aromatic carbocycles. The molecule has 0 saturated carbocycles. The van der Waals surface area contributed by atoms with Crippen molar-refractivity contribution in [3.63, 3.8) is 0 Å². The van der Waals surface area contributed by atoms with Gasteiger partial charge in [-0.2, -0.15) is 0 Å². The van der Waals surface area contributed by atoms with E-state index in [0.717, 1.165) is 30.0 Å². The molecule has 0 radical (unpaired) electrons. The number of pyridine rings is 1. The summed E-state index contributed by atoms with van der Waals surface area (Å²) in [4.78, 5) is 19.1. The summed E-state index contributed by atoms with van der Waals surface area (Å²) < 4.78 is 5.34. The van der Waals surface area contributed by atoms with Gasteiger partial charge in [0, 0.05) is 37.6 Å². The van der Waals surface area contributed by atoms with E-state index >= 15 is 0 Å². The van der Waals surface area contributed by atoms with Crippen LogP contribution in [0.3, 0.4) is 0 Å². The Hall–Kier alpha value is -2.11. The molecule has 1 unspecified atom stereocenters. The predicted molar refractivity (Wildman–Crippen MR) is 95.9 cm³/mol. The normalized spacial score (nSPS) is 17.1. The molecule has 0 spiro atoms. The number of aryl methyl sites for hydroxylation is 1. The van der Waals surface area contributed by atoms with Gasteiger partial charge in [-0.15, -0.1) is 12.4 Å². The average molecular weight is 348 g/mol. The molecule has 2 aromatic rings. The van der Waals surface area contributed by atoms with Crippen LogP contribution in [-0.2, 0) is 0 Å². The molecule has 6 heteroatoms. The second-order valence-electron chi connectivity index (χ2n) is 5.69. The molecule has 1 atom stereocenters. The van der Waals surface area contributed by atoms with E-state index < -0.39 is 0 Å². The van der Waals surface area contributed by atoms with E-state index in [0.29, 0.717) is 12.1 Å². The van der Waals surface area contributed by atoms with E-state index in [-0.39, 0.29) is 24.4 Å². The highest BCUT2D eigenvalue weighted by molar-refractivity contribution is 5.95. The smallest absolute Gasteiger partial charge is 0.254 e. The molecule has 1 aliphatic heterocycles. The van der Waals surface area contributed by atoms with Gasteiger partial charge < -0.3 is 15.0 Å². The van der Waals surface area contributed by atoms with Gasteiger partial charge in [0.15, 0.2) is 0 Å². The molecule has 1 fully saturated rings. The Balaban J connectivity index is 0.00000208. The Kier molecular flexibility index (Phi) is 6.17. The summed E-state index contributed by atoms with van der Waals surface area (Å²) in [7, 11) is 1.62. The standard InChI is InChI=1S/C18H21N3O2.ClH/c1-13-5-6-14(10-17(13)23-2)18(22)21-9-8-20-12-16(21)15-4-3-7-19-11-15;/h3-7,10-11,16,20H,8-9,12H2,1-2H3;1H. The number of rotatable bonds is 3. The van der Waals surface area contributed by atoms with Crippen molar-refractivity contribution in [1.82, 2.24) is 15.2 Å². The lowest BCUT2D eigenvalue weighted by Crippen LogP contribution is -2.48. The van der Waals surface area contributed by atoms with E-state index in [2.05, 4.69) is 10.3 Å². The first-order valence-electron chi connectivity index (χ1n) is 7.77. The van der Waals surface area contributed by atoms with Gasteiger partial charge in [-0.3, -0.25) is 9.78 Å². The van der Waals surface area contributed by atoms with E-state index in [1.165, 1.54) is 0 Å². The number of aromatic nitrogens is 1. The largest absolute Gasteiger partial charge is 0.496 e. The number of piperazine rings is 1. The van der Waals surface area contributed by atoms with E-state index in [1.807, 2.05) is 48.4 Å². The summed E-state index contributed by atoms with van der Waals surface area (Å²) in [6.07, 6.45) is 3.57. The van der Waals surface area contributed by atoms with Crippen LogP contribution in [0.1, 0.15) is 27.5 Å². The van der Waals surface area contributed by atoms with Crippen molar-refractivity contribution < 1.29 is 9.53 Å². The summed E-state index contributed by atoms with van der Waals surface area (Å²) in [5.74, 6) is 0.766. The van der Waals surface area contributed by atoms with Gasteiger partial charge in [0.25, 0.3) is 5.91 Å². The Morgan fingerprint density at radius 1 is 1.38 bits per heavy atom. The Labute approximate surface area is 148 Å². The molecule has 1 aromatic heterocycles. The Morgan fingerprint density at radius 2 is 2.21 bits per heavy atom. The summed E-state index contributed by atoms with van der Waals surface area (Å²) in [6.45, 7) is 4.18. The number of nitrogens with zero attached hydrogens (tertiary/aromatic N) is 2. The lowest BCUT2D eigenvalue weighted by Gasteiger charge is -2.36. The fourth-order valence-electron chi connectivity index (χ4n) is 2.94. The highest BCUT2D eigenvalue weighted by atomic mass is 35.5. The van der Waals surface area contributed by atoms with Crippen LogP contribution in [-0.4, -0.2) is 42.5 Å². The minimum absolute atomic E-state index is 0. The zero-order chi connectivity index (χ0) is 16.2. The first-order chi connectivity index (χ1) is 11.2. The third-order valence-corrected chi connectivity index (χ3v) is 4.23. The molecule has 0 bridgehead atoms. The number of halogens is 1. The van der Waals surface area contributed by atoms with Crippen molar-refractivity contribution in [2.24, 2.45) is 0 Å². The number of benzene rings is 1. The van der Waals surface area contributed by atoms with Gasteiger partial charge in [0.1, 0.15) is 5.75 Å². The Bertz CT molecular complexity index is 694. The Morgan fingerprint density at radius 3 is 2.92 bits per heavy atom. The number of hydrogen-bond donors (Lipinski definition) is 1. The molecule has 24 heavy (non-hydrogen) atoms. The van der Waals surface area contributed by atoms with Gasteiger partial charge in [-0.25, -0.2) is 0 Å². The lowest BCUT2D eigenvalue weighted by atomic mass is 10.0. The third-order valence-electron chi connectivity index (χ3n) is 4.23. The van der Waals surface area contributed by atoms with Crippen LogP contribution in [0, 0.1) is 6.92 Å². The van der Waals surface area contributed by atoms with E-state index in [1.54, 1.807) is 13.3 Å². The summed E-state index contributed by atoms with van der Waals surface area (Å²) in [6, 6.07) is 9.52. The zero-order valence-corrected chi connectivity index (χ0v) is 14.7. The highest BCUT2D eigenvalue weighted by Crippen LogP contribution is 2.26. The molecule has 2 heterocycles. The number of carbonyl (C=O) groups is 1. The van der Waals surface area contributed by atoms with Gasteiger partial charge >= 0.3 is 0 Å². The van der Waals surface area contributed by atoms with E-state index in [9.17, 15) is 4.79 Å². The van der Waals surface area contributed by atoms with E-state index in [4.69, 9.17) is 4.74 Å². The first kappa shape index (κ1) is 18.2. The van der Waals surface area contributed by atoms with Gasteiger partial charge in [0.2, 0.25) is 0 Å². The van der Waals surface area contributed by atoms with Gasteiger partial charge in [-0.1, -0.05) is 12.1 Å². The molecular weight excluding hydrogens is 326 g/mol. The van der Waals surface area contributed by atoms with Crippen LogP contribution in [0.5, 0.6) is 5.75 Å². The SMILES string of the molecule is COc1cc(C(=O)N2CCNCC2c2cccnc2)ccc1C.Cl. The summed E-state index contributed by atoms with van der Waals surface area (Å²) in [5, 5.41) is 3.35. The minimum atomic E-state index is -0.00255. The number of carbonyl (C=O) groups excluding carboxylic acids is 1. The number of methoxy groups -OCH3 is 1. The second kappa shape index (κ2) is 8.13. The monoisotopic (exact) mass is 347 g/mol. The van der Waals surface area contributed by atoms with Crippen molar-refractivity contribution in [1.29, 1.82) is 0 Å². The fourth-order valence-corrected chi connectivity index (χ4v) is 2.94. The molecule has 128 valence electrons. The molecule has 1 aliphatic rings. The number of hydrogen-bond acceptors (Lipinski definition) is 4. The molecular formula is C18H22ClN3O2. The summed E-state index contributed by atoms with van der Waals surface area (Å²) >= 11 is 0. The van der Waals surface area contributed by atoms with Crippen LogP contribution in [0.15, 0.2) is 42.7 Å². The van der Waals surface area contributed by atoms with Crippen molar-refractivity contribution in [2.45, 2.75) is 13.0 Å². The predicted octanol–water partition coefficient (Wildman–Crippen LogP) is 2.61. The molecule has 1 saturated heterocycles. The van der Waals surface area contributed by atoms with Crippen LogP contribution in [0.4, 0.5) is 0 Å². The topological polar surface area (TPSA) is 54.5 Å². The lowest BCUT2D eigenvalue weighted by molar-refractivity contribution is 0.0633. The quantitative estimate of drug-likeness (QED) is 0.927. The number of amides is 1. The fraction of sp³-hybridized carbons (Fsp3) is 0.333. The maximum absolute atomic E-state index is 13.0. The molecule has 0 aliphatic carbocycles. The van der Waals surface area contributed by atoms with Gasteiger partial charge in [0.05, 0.1) is 13.2 Å². The average Bonchev–Trinajstić information content (AvgIpc) is 2.62. The van der Waals surface area contributed by atoms with Crippen molar-refractivity contribution in [3.8, 4) is 5.75 Å². The molecule has 5 nitrogen and oxygen atoms in total. The maximum Gasteiger partial charge on any atom is 0.254 e. The van der Waals surface area contributed by atoms with Crippen LogP contribution < -0.4 is 10.1 Å². The van der Waals surface area contributed by atoms with Gasteiger partial charge in [-0.05, 0) is 36.2 Å². The molecule has 1 N–H and O–H groups in total. The maximum atomic E-state index is 13.0. The number of ether oxygens (including phenoxy) is 1. The van der Waals surface area contributed by atoms with Crippen LogP contribution >= 0.6 is 12.4 Å². The molecule has 1 amide bonds. The third kappa shape index (κ3) is 3.68. The minimum Gasteiger partial charge on any atom is -0.496 e. The number of nitrogens with one attached hydrogen (secondary N) is 1. The molecule has 3 rings (SSSR count). The van der Waals surface area contributed by atoms with Crippen molar-refractivity contribution in [3.05, 3.63) is 59.4 Å². The first-order valence-corrected chi connectivity index (χ1v) is 7.77.